The molecule has 1 aromatic heterocycles. The molecular formula is C10H15NO2. The van der Waals surface area contributed by atoms with Gasteiger partial charge in [0.25, 0.3) is 0 Å². The molecule has 13 heavy (non-hydrogen) atoms. The van der Waals surface area contributed by atoms with Crippen molar-refractivity contribution in [3.8, 4) is 0 Å². The topological polar surface area (TPSA) is 53.4 Å². The molecule has 0 saturated heterocycles. The summed E-state index contributed by atoms with van der Waals surface area (Å²) >= 11 is 0. The number of pyridine rings is 1. The van der Waals surface area contributed by atoms with E-state index in [1.807, 2.05) is 26.0 Å². The molecule has 0 fully saturated rings. The van der Waals surface area contributed by atoms with Gasteiger partial charge in [-0.1, -0.05) is 19.9 Å². The molecule has 0 spiro atoms. The van der Waals surface area contributed by atoms with E-state index in [1.165, 1.54) is 0 Å². The average molecular weight is 181 g/mol. The summed E-state index contributed by atoms with van der Waals surface area (Å²) in [5.74, 6) is 0.345. The summed E-state index contributed by atoms with van der Waals surface area (Å²) in [6.45, 7) is 3.90. The standard InChI is InChI=1S/C10H15NO2/c1-7(2)9-4-3-8(5-12)10(6-13)11-9/h3-4,7,12-13H,5-6H2,1-2H3. The molecule has 1 aromatic rings. The zero-order valence-electron chi connectivity index (χ0n) is 7.99. The van der Waals surface area contributed by atoms with Crippen molar-refractivity contribution < 1.29 is 10.2 Å². The van der Waals surface area contributed by atoms with Crippen molar-refractivity contribution >= 4 is 0 Å². The highest BCUT2D eigenvalue weighted by Crippen LogP contribution is 2.15. The summed E-state index contributed by atoms with van der Waals surface area (Å²) in [4.78, 5) is 4.25. The van der Waals surface area contributed by atoms with Gasteiger partial charge in [-0.25, -0.2) is 0 Å². The van der Waals surface area contributed by atoms with E-state index in [0.29, 0.717) is 17.2 Å². The van der Waals surface area contributed by atoms with Gasteiger partial charge in [-0.05, 0) is 12.0 Å². The first-order valence-corrected chi connectivity index (χ1v) is 4.39. The molecule has 0 unspecified atom stereocenters. The van der Waals surface area contributed by atoms with Crippen molar-refractivity contribution in [3.05, 3.63) is 29.1 Å². The van der Waals surface area contributed by atoms with E-state index < -0.39 is 0 Å². The third kappa shape index (κ3) is 2.26. The van der Waals surface area contributed by atoms with Crippen molar-refractivity contribution in [3.63, 3.8) is 0 Å². The average Bonchev–Trinajstić information content (AvgIpc) is 2.16. The molecule has 3 heteroatoms. The second-order valence-electron chi connectivity index (χ2n) is 3.31. The van der Waals surface area contributed by atoms with Crippen LogP contribution in [0.15, 0.2) is 12.1 Å². The quantitative estimate of drug-likeness (QED) is 0.736. The van der Waals surface area contributed by atoms with Gasteiger partial charge in [0.2, 0.25) is 0 Å². The number of aliphatic hydroxyl groups is 2. The first kappa shape index (κ1) is 10.2. The van der Waals surface area contributed by atoms with Gasteiger partial charge in [-0.15, -0.1) is 0 Å². The molecule has 0 aromatic carbocycles. The largest absolute Gasteiger partial charge is 0.392 e. The third-order valence-electron chi connectivity index (χ3n) is 2.00. The van der Waals surface area contributed by atoms with E-state index in [2.05, 4.69) is 4.98 Å². The van der Waals surface area contributed by atoms with Crippen LogP contribution in [0.2, 0.25) is 0 Å². The van der Waals surface area contributed by atoms with E-state index in [0.717, 1.165) is 5.69 Å². The Labute approximate surface area is 78.1 Å². The van der Waals surface area contributed by atoms with E-state index in [-0.39, 0.29) is 13.2 Å². The van der Waals surface area contributed by atoms with E-state index in [9.17, 15) is 0 Å². The zero-order chi connectivity index (χ0) is 9.84. The SMILES string of the molecule is CC(C)c1ccc(CO)c(CO)n1. The van der Waals surface area contributed by atoms with Crippen molar-refractivity contribution in [2.75, 3.05) is 0 Å². The van der Waals surface area contributed by atoms with Crippen LogP contribution in [-0.4, -0.2) is 15.2 Å². The highest BCUT2D eigenvalue weighted by atomic mass is 16.3. The summed E-state index contributed by atoms with van der Waals surface area (Å²) in [6.07, 6.45) is 0. The predicted octanol–water partition coefficient (Wildman–Crippen LogP) is 1.19. The molecule has 0 aliphatic heterocycles. The van der Waals surface area contributed by atoms with Gasteiger partial charge < -0.3 is 10.2 Å². The van der Waals surface area contributed by atoms with E-state index in [1.54, 1.807) is 0 Å². The summed E-state index contributed by atoms with van der Waals surface area (Å²) in [5, 5.41) is 17.9. The number of nitrogens with zero attached hydrogens (tertiary/aromatic N) is 1. The Hall–Kier alpha value is -0.930. The lowest BCUT2D eigenvalue weighted by atomic mass is 10.1. The molecule has 0 aliphatic rings. The molecule has 3 nitrogen and oxygen atoms in total. The minimum atomic E-state index is -0.115. The van der Waals surface area contributed by atoms with Crippen LogP contribution in [0.1, 0.15) is 36.7 Å². The molecule has 72 valence electrons. The van der Waals surface area contributed by atoms with Gasteiger partial charge >= 0.3 is 0 Å². The first-order valence-electron chi connectivity index (χ1n) is 4.39. The Morgan fingerprint density at radius 2 is 1.92 bits per heavy atom. The number of hydrogen-bond donors (Lipinski definition) is 2. The van der Waals surface area contributed by atoms with Gasteiger partial charge in [0.05, 0.1) is 18.9 Å². The number of aromatic nitrogens is 1. The number of hydrogen-bond acceptors (Lipinski definition) is 3. The molecule has 0 atom stereocenters. The molecule has 0 radical (unpaired) electrons. The van der Waals surface area contributed by atoms with Crippen LogP contribution in [0.4, 0.5) is 0 Å². The molecular weight excluding hydrogens is 166 g/mol. The lowest BCUT2D eigenvalue weighted by Crippen LogP contribution is -2.02. The lowest BCUT2D eigenvalue weighted by molar-refractivity contribution is 0.255. The van der Waals surface area contributed by atoms with Crippen LogP contribution in [0.5, 0.6) is 0 Å². The van der Waals surface area contributed by atoms with Gasteiger partial charge in [0.15, 0.2) is 0 Å². The maximum Gasteiger partial charge on any atom is 0.0856 e. The zero-order valence-corrected chi connectivity index (χ0v) is 7.99. The highest BCUT2D eigenvalue weighted by Gasteiger charge is 2.06. The first-order chi connectivity index (χ1) is 6.19. The van der Waals surface area contributed by atoms with E-state index in [4.69, 9.17) is 10.2 Å². The van der Waals surface area contributed by atoms with Gasteiger partial charge in [0.1, 0.15) is 0 Å². The maximum absolute atomic E-state index is 8.98. The summed E-state index contributed by atoms with van der Waals surface area (Å²) in [7, 11) is 0. The molecule has 0 saturated carbocycles. The Bertz CT molecular complexity index is 284. The van der Waals surface area contributed by atoms with Crippen molar-refractivity contribution in [1.82, 2.24) is 4.98 Å². The van der Waals surface area contributed by atoms with E-state index >= 15 is 0 Å². The smallest absolute Gasteiger partial charge is 0.0856 e. The normalized spacial score (nSPS) is 10.8. The molecule has 0 amide bonds. The second-order valence-corrected chi connectivity index (χ2v) is 3.31. The maximum atomic E-state index is 8.98. The molecule has 1 heterocycles. The van der Waals surface area contributed by atoms with Crippen molar-refractivity contribution in [1.29, 1.82) is 0 Å². The Morgan fingerprint density at radius 1 is 1.23 bits per heavy atom. The predicted molar refractivity (Wildman–Crippen MR) is 50.2 cm³/mol. The lowest BCUT2D eigenvalue weighted by Gasteiger charge is -2.08. The van der Waals surface area contributed by atoms with Crippen LogP contribution in [0, 0.1) is 0 Å². The summed E-state index contributed by atoms with van der Waals surface area (Å²) < 4.78 is 0. The minimum absolute atomic E-state index is 0.0682. The Balaban J connectivity index is 3.05. The van der Waals surface area contributed by atoms with Crippen LogP contribution in [0.3, 0.4) is 0 Å². The minimum Gasteiger partial charge on any atom is -0.392 e. The fourth-order valence-corrected chi connectivity index (χ4v) is 1.15. The Kier molecular flexibility index (Phi) is 3.39. The fraction of sp³-hybridized carbons (Fsp3) is 0.500. The van der Waals surface area contributed by atoms with Crippen molar-refractivity contribution in [2.24, 2.45) is 0 Å². The molecule has 2 N–H and O–H groups in total. The van der Waals surface area contributed by atoms with Gasteiger partial charge in [-0.3, -0.25) is 4.98 Å². The number of rotatable bonds is 3. The van der Waals surface area contributed by atoms with Crippen LogP contribution in [0.25, 0.3) is 0 Å². The van der Waals surface area contributed by atoms with Crippen molar-refractivity contribution in [2.45, 2.75) is 33.0 Å². The Morgan fingerprint density at radius 3 is 2.38 bits per heavy atom. The highest BCUT2D eigenvalue weighted by molar-refractivity contribution is 5.23. The monoisotopic (exact) mass is 181 g/mol. The van der Waals surface area contributed by atoms with Crippen LogP contribution < -0.4 is 0 Å². The van der Waals surface area contributed by atoms with Crippen LogP contribution in [-0.2, 0) is 13.2 Å². The fourth-order valence-electron chi connectivity index (χ4n) is 1.15. The summed E-state index contributed by atoms with van der Waals surface area (Å²) in [5.41, 5.74) is 2.22. The van der Waals surface area contributed by atoms with Gasteiger partial charge in [-0.2, -0.15) is 0 Å². The molecule has 1 rings (SSSR count). The second kappa shape index (κ2) is 4.35. The third-order valence-corrected chi connectivity index (χ3v) is 2.00. The van der Waals surface area contributed by atoms with Crippen LogP contribution >= 0.6 is 0 Å². The molecule has 0 aliphatic carbocycles. The molecule has 0 bridgehead atoms. The number of aliphatic hydroxyl groups excluding tert-OH is 2. The summed E-state index contributed by atoms with van der Waals surface area (Å²) in [6, 6.07) is 3.70. The van der Waals surface area contributed by atoms with Gasteiger partial charge in [0, 0.05) is 11.3 Å².